The van der Waals surface area contributed by atoms with Crippen molar-refractivity contribution < 1.29 is 4.74 Å². The fourth-order valence-electron chi connectivity index (χ4n) is 0.622. The Bertz CT molecular complexity index is 217. The number of rotatable bonds is 1. The van der Waals surface area contributed by atoms with E-state index in [2.05, 4.69) is 0 Å². The van der Waals surface area contributed by atoms with E-state index in [1.54, 1.807) is 24.3 Å². The number of hydrogen-bond acceptors (Lipinski definition) is 1. The Kier molecular flexibility index (Phi) is 2.88. The first-order valence-corrected chi connectivity index (χ1v) is 4.02. The van der Waals surface area contributed by atoms with Crippen LogP contribution in [0.3, 0.4) is 0 Å². The molecule has 0 saturated heterocycles. The summed E-state index contributed by atoms with van der Waals surface area (Å²) in [6.45, 7) is 0. The molecule has 4 heteroatoms. The molecule has 1 aromatic rings. The normalized spacial score (nSPS) is 11.2. The van der Waals surface area contributed by atoms with Crippen LogP contribution in [0, 0.1) is 0 Å². The van der Waals surface area contributed by atoms with Crippen molar-refractivity contribution in [1.29, 1.82) is 0 Å². The molecule has 0 N–H and O–H groups in total. The van der Waals surface area contributed by atoms with E-state index in [-0.39, 0.29) is 0 Å². The van der Waals surface area contributed by atoms with Crippen molar-refractivity contribution in [3.8, 4) is 5.75 Å². The Morgan fingerprint density at radius 3 is 2.00 bits per heavy atom. The van der Waals surface area contributed by atoms with Crippen molar-refractivity contribution in [3.05, 3.63) is 30.3 Å². The van der Waals surface area contributed by atoms with E-state index in [4.69, 9.17) is 39.5 Å². The summed E-state index contributed by atoms with van der Waals surface area (Å²) in [5, 5.41) is 0. The number of benzene rings is 1. The molecule has 0 heterocycles. The van der Waals surface area contributed by atoms with Gasteiger partial charge in [-0.3, -0.25) is 0 Å². The minimum Gasteiger partial charge on any atom is -0.446 e. The second-order valence-electron chi connectivity index (χ2n) is 1.86. The first-order valence-electron chi connectivity index (χ1n) is 2.89. The number of ether oxygens (including phenoxy) is 1. The van der Waals surface area contributed by atoms with E-state index in [1.165, 1.54) is 0 Å². The highest BCUT2D eigenvalue weighted by Gasteiger charge is 2.21. The zero-order valence-corrected chi connectivity index (χ0v) is 7.70. The largest absolute Gasteiger partial charge is 0.446 e. The number of halogens is 3. The lowest BCUT2D eigenvalue weighted by molar-refractivity contribution is 0.320. The lowest BCUT2D eigenvalue weighted by Crippen LogP contribution is -2.12. The monoisotopic (exact) mass is 210 g/mol. The van der Waals surface area contributed by atoms with E-state index >= 15 is 0 Å². The maximum atomic E-state index is 5.38. The van der Waals surface area contributed by atoms with Gasteiger partial charge < -0.3 is 4.74 Å². The zero-order valence-electron chi connectivity index (χ0n) is 5.43. The summed E-state index contributed by atoms with van der Waals surface area (Å²) >= 11 is 16.1. The van der Waals surface area contributed by atoms with Crippen molar-refractivity contribution >= 4 is 34.8 Å². The molecule has 0 aromatic heterocycles. The molecule has 0 saturated carbocycles. The van der Waals surface area contributed by atoms with Crippen molar-refractivity contribution in [2.24, 2.45) is 0 Å². The molecular formula is C7H5Cl3O. The molecule has 0 fully saturated rings. The number of hydrogen-bond donors (Lipinski definition) is 0. The van der Waals surface area contributed by atoms with Crippen LogP contribution in [0.1, 0.15) is 0 Å². The maximum absolute atomic E-state index is 5.38. The average molecular weight is 211 g/mol. The molecule has 0 unspecified atom stereocenters. The Balaban J connectivity index is 2.66. The molecule has 0 amide bonds. The van der Waals surface area contributed by atoms with Gasteiger partial charge >= 0.3 is 3.98 Å². The van der Waals surface area contributed by atoms with E-state index in [9.17, 15) is 0 Å². The van der Waals surface area contributed by atoms with Crippen LogP contribution in [0.25, 0.3) is 0 Å². The smallest absolute Gasteiger partial charge is 0.338 e. The highest BCUT2D eigenvalue weighted by atomic mass is 35.6. The van der Waals surface area contributed by atoms with Gasteiger partial charge in [0.25, 0.3) is 0 Å². The van der Waals surface area contributed by atoms with Crippen LogP contribution in [-0.2, 0) is 0 Å². The van der Waals surface area contributed by atoms with E-state index in [0.29, 0.717) is 5.75 Å². The molecule has 60 valence electrons. The molecule has 0 bridgehead atoms. The summed E-state index contributed by atoms with van der Waals surface area (Å²) in [6.07, 6.45) is 0. The van der Waals surface area contributed by atoms with Gasteiger partial charge in [-0.2, -0.15) is 0 Å². The van der Waals surface area contributed by atoms with Gasteiger partial charge in [0.05, 0.1) is 0 Å². The molecular weight excluding hydrogens is 206 g/mol. The molecule has 0 aliphatic carbocycles. The van der Waals surface area contributed by atoms with Crippen LogP contribution >= 0.6 is 34.8 Å². The van der Waals surface area contributed by atoms with Crippen LogP contribution in [-0.4, -0.2) is 3.98 Å². The van der Waals surface area contributed by atoms with Crippen LogP contribution in [0.15, 0.2) is 30.3 Å². The summed E-state index contributed by atoms with van der Waals surface area (Å²) in [5.74, 6) is 0.535. The predicted octanol–water partition coefficient (Wildman–Crippen LogP) is 3.39. The average Bonchev–Trinajstić information content (AvgIpc) is 1.85. The molecule has 1 nitrogen and oxygen atoms in total. The summed E-state index contributed by atoms with van der Waals surface area (Å²) < 4.78 is 3.22. The van der Waals surface area contributed by atoms with Crippen molar-refractivity contribution in [3.63, 3.8) is 0 Å². The zero-order chi connectivity index (χ0) is 8.32. The van der Waals surface area contributed by atoms with Gasteiger partial charge in [0, 0.05) is 0 Å². The van der Waals surface area contributed by atoms with Crippen molar-refractivity contribution in [1.82, 2.24) is 0 Å². The minimum atomic E-state index is -1.68. The number of para-hydroxylation sites is 1. The van der Waals surface area contributed by atoms with Crippen LogP contribution in [0.2, 0.25) is 0 Å². The minimum absolute atomic E-state index is 0.535. The van der Waals surface area contributed by atoms with Gasteiger partial charge in [-0.15, -0.1) is 0 Å². The summed E-state index contributed by atoms with van der Waals surface area (Å²) in [4.78, 5) is 0. The van der Waals surface area contributed by atoms with Gasteiger partial charge in [-0.05, 0) is 46.9 Å². The fourth-order valence-corrected chi connectivity index (χ4v) is 0.889. The molecule has 11 heavy (non-hydrogen) atoms. The molecule has 0 aliphatic heterocycles. The first-order chi connectivity index (χ1) is 5.08. The Hall–Kier alpha value is -0.110. The first kappa shape index (κ1) is 8.98. The lowest BCUT2D eigenvalue weighted by Gasteiger charge is -2.12. The quantitative estimate of drug-likeness (QED) is 0.647. The van der Waals surface area contributed by atoms with Crippen molar-refractivity contribution in [2.75, 3.05) is 0 Å². The van der Waals surface area contributed by atoms with Gasteiger partial charge in [-0.25, -0.2) is 0 Å². The molecule has 0 atom stereocenters. The fraction of sp³-hybridized carbons (Fsp3) is 0.143. The van der Waals surface area contributed by atoms with Crippen molar-refractivity contribution in [2.45, 2.75) is 3.98 Å². The molecule has 0 radical (unpaired) electrons. The highest BCUT2D eigenvalue weighted by molar-refractivity contribution is 6.66. The third-order valence-electron chi connectivity index (χ3n) is 0.977. The van der Waals surface area contributed by atoms with E-state index in [0.717, 1.165) is 0 Å². The van der Waals surface area contributed by atoms with Gasteiger partial charge in [0.15, 0.2) is 0 Å². The Morgan fingerprint density at radius 2 is 1.55 bits per heavy atom. The summed E-state index contributed by atoms with van der Waals surface area (Å²) in [6, 6.07) is 8.87. The second kappa shape index (κ2) is 3.53. The third-order valence-corrected chi connectivity index (χ3v) is 1.21. The second-order valence-corrected chi connectivity index (χ2v) is 4.04. The van der Waals surface area contributed by atoms with Crippen LogP contribution in [0.4, 0.5) is 0 Å². The van der Waals surface area contributed by atoms with E-state index in [1.807, 2.05) is 6.07 Å². The van der Waals surface area contributed by atoms with E-state index < -0.39 is 3.98 Å². The predicted molar refractivity (Wildman–Crippen MR) is 47.4 cm³/mol. The molecule has 0 aliphatic rings. The molecule has 1 rings (SSSR count). The lowest BCUT2D eigenvalue weighted by atomic mass is 10.3. The standard InChI is InChI=1S/C7H5Cl3O/c8-7(9,10)11-6-4-2-1-3-5-6/h1-5H. The number of alkyl halides is 3. The highest BCUT2D eigenvalue weighted by Crippen LogP contribution is 2.29. The third kappa shape index (κ3) is 3.71. The van der Waals surface area contributed by atoms with Gasteiger partial charge in [0.1, 0.15) is 5.75 Å². The topological polar surface area (TPSA) is 9.23 Å². The summed E-state index contributed by atoms with van der Waals surface area (Å²) in [5.41, 5.74) is 0. The van der Waals surface area contributed by atoms with Crippen LogP contribution < -0.4 is 4.74 Å². The molecule has 1 aromatic carbocycles. The van der Waals surface area contributed by atoms with Gasteiger partial charge in [-0.1, -0.05) is 18.2 Å². The molecule has 0 spiro atoms. The Morgan fingerprint density at radius 1 is 1.00 bits per heavy atom. The van der Waals surface area contributed by atoms with Gasteiger partial charge in [0.2, 0.25) is 0 Å². The van der Waals surface area contributed by atoms with Crippen LogP contribution in [0.5, 0.6) is 5.75 Å². The Labute approximate surface area is 79.8 Å². The maximum Gasteiger partial charge on any atom is 0.338 e. The summed E-state index contributed by atoms with van der Waals surface area (Å²) in [7, 11) is 0. The SMILES string of the molecule is ClC(Cl)(Cl)Oc1ccccc1.